The zero-order valence-electron chi connectivity index (χ0n) is 11.1. The summed E-state index contributed by atoms with van der Waals surface area (Å²) < 4.78 is 36.8. The molecule has 2 heterocycles. The lowest BCUT2D eigenvalue weighted by molar-refractivity contribution is -0.389. The lowest BCUT2D eigenvalue weighted by atomic mass is 10.1. The Balaban J connectivity index is 1.78. The van der Waals surface area contributed by atoms with E-state index in [2.05, 4.69) is 10.3 Å². The SMILES string of the molecule is O=[N+]([O-])c1ccc(NCC2CCN(CC(F)(F)F)C2)cn1. The minimum atomic E-state index is -4.16. The molecule has 1 saturated heterocycles. The fourth-order valence-corrected chi connectivity index (χ4v) is 2.34. The molecule has 0 bridgehead atoms. The van der Waals surface area contributed by atoms with E-state index in [4.69, 9.17) is 0 Å². The van der Waals surface area contributed by atoms with Crippen molar-refractivity contribution in [3.05, 3.63) is 28.4 Å². The zero-order valence-corrected chi connectivity index (χ0v) is 11.1. The van der Waals surface area contributed by atoms with Crippen LogP contribution in [0.25, 0.3) is 0 Å². The van der Waals surface area contributed by atoms with E-state index in [1.165, 1.54) is 23.2 Å². The summed E-state index contributed by atoms with van der Waals surface area (Å²) in [4.78, 5) is 14.9. The molecular weight excluding hydrogens is 289 g/mol. The van der Waals surface area contributed by atoms with E-state index in [1.807, 2.05) is 0 Å². The highest BCUT2D eigenvalue weighted by atomic mass is 19.4. The van der Waals surface area contributed by atoms with E-state index in [1.54, 1.807) is 0 Å². The largest absolute Gasteiger partial charge is 0.401 e. The molecule has 0 spiro atoms. The van der Waals surface area contributed by atoms with Crippen molar-refractivity contribution in [3.8, 4) is 0 Å². The van der Waals surface area contributed by atoms with Crippen LogP contribution in [-0.4, -0.2) is 47.2 Å². The number of pyridine rings is 1. The molecule has 0 aromatic carbocycles. The van der Waals surface area contributed by atoms with Crippen LogP contribution >= 0.6 is 0 Å². The number of nitro groups is 1. The van der Waals surface area contributed by atoms with E-state index in [9.17, 15) is 23.3 Å². The van der Waals surface area contributed by atoms with E-state index in [0.717, 1.165) is 0 Å². The molecule has 1 atom stereocenters. The molecule has 0 radical (unpaired) electrons. The van der Waals surface area contributed by atoms with E-state index >= 15 is 0 Å². The first kappa shape index (κ1) is 15.5. The van der Waals surface area contributed by atoms with Crippen LogP contribution in [-0.2, 0) is 0 Å². The van der Waals surface area contributed by atoms with Gasteiger partial charge < -0.3 is 15.4 Å². The summed E-state index contributed by atoms with van der Waals surface area (Å²) in [6.45, 7) is 0.480. The zero-order chi connectivity index (χ0) is 15.5. The Morgan fingerprint density at radius 2 is 2.24 bits per heavy atom. The minimum Gasteiger partial charge on any atom is -0.382 e. The van der Waals surface area contributed by atoms with Crippen molar-refractivity contribution in [2.75, 3.05) is 31.5 Å². The lowest BCUT2D eigenvalue weighted by Crippen LogP contribution is -2.33. The molecule has 1 aliphatic rings. The van der Waals surface area contributed by atoms with E-state index in [-0.39, 0.29) is 11.7 Å². The molecule has 1 aromatic rings. The van der Waals surface area contributed by atoms with Gasteiger partial charge in [-0.05, 0) is 34.9 Å². The number of rotatable bonds is 5. The minimum absolute atomic E-state index is 0.127. The summed E-state index contributed by atoms with van der Waals surface area (Å²) in [5.41, 5.74) is 0.620. The summed E-state index contributed by atoms with van der Waals surface area (Å²) in [5.74, 6) is -0.111. The molecule has 9 heteroatoms. The number of aromatic nitrogens is 1. The van der Waals surface area contributed by atoms with Crippen molar-refractivity contribution in [2.45, 2.75) is 12.6 Å². The van der Waals surface area contributed by atoms with Crippen molar-refractivity contribution < 1.29 is 18.1 Å². The van der Waals surface area contributed by atoms with Gasteiger partial charge in [0.25, 0.3) is 0 Å². The van der Waals surface area contributed by atoms with Crippen molar-refractivity contribution in [1.82, 2.24) is 9.88 Å². The molecule has 1 unspecified atom stereocenters. The first-order valence-electron chi connectivity index (χ1n) is 6.47. The Hall–Kier alpha value is -1.90. The van der Waals surface area contributed by atoms with Crippen molar-refractivity contribution in [3.63, 3.8) is 0 Å². The van der Waals surface area contributed by atoms with Gasteiger partial charge in [-0.25, -0.2) is 0 Å². The van der Waals surface area contributed by atoms with Crippen molar-refractivity contribution >= 4 is 11.5 Å². The molecule has 21 heavy (non-hydrogen) atoms. The second kappa shape index (κ2) is 6.25. The third kappa shape index (κ3) is 4.85. The predicted molar refractivity (Wildman–Crippen MR) is 70.0 cm³/mol. The summed E-state index contributed by atoms with van der Waals surface area (Å²) >= 11 is 0. The Bertz CT molecular complexity index is 492. The molecule has 6 nitrogen and oxygen atoms in total. The topological polar surface area (TPSA) is 71.3 Å². The fourth-order valence-electron chi connectivity index (χ4n) is 2.34. The number of nitrogens with zero attached hydrogens (tertiary/aromatic N) is 3. The van der Waals surface area contributed by atoms with Gasteiger partial charge in [0, 0.05) is 19.2 Å². The van der Waals surface area contributed by atoms with Crippen molar-refractivity contribution in [2.24, 2.45) is 5.92 Å². The first-order valence-corrected chi connectivity index (χ1v) is 6.47. The first-order chi connectivity index (χ1) is 9.83. The number of likely N-dealkylation sites (tertiary alicyclic amines) is 1. The third-order valence-electron chi connectivity index (χ3n) is 3.30. The highest BCUT2D eigenvalue weighted by Gasteiger charge is 2.34. The van der Waals surface area contributed by atoms with Gasteiger partial charge in [-0.2, -0.15) is 13.2 Å². The van der Waals surface area contributed by atoms with Gasteiger partial charge in [0.05, 0.1) is 12.2 Å². The van der Waals surface area contributed by atoms with Gasteiger partial charge in [0.2, 0.25) is 0 Å². The Kier molecular flexibility index (Phi) is 4.61. The lowest BCUT2D eigenvalue weighted by Gasteiger charge is -2.18. The summed E-state index contributed by atoms with van der Waals surface area (Å²) in [6.07, 6.45) is -2.12. The standard InChI is InChI=1S/C12H15F3N4O2/c13-12(14,15)8-18-4-3-9(7-18)5-16-10-1-2-11(17-6-10)19(20)21/h1-2,6,9,16H,3-5,7-8H2. The molecule has 0 aliphatic carbocycles. The number of alkyl halides is 3. The molecule has 1 N–H and O–H groups in total. The van der Waals surface area contributed by atoms with Crippen LogP contribution in [0, 0.1) is 16.0 Å². The second-order valence-corrected chi connectivity index (χ2v) is 5.05. The van der Waals surface area contributed by atoms with E-state index < -0.39 is 17.6 Å². The van der Waals surface area contributed by atoms with Gasteiger partial charge >= 0.3 is 12.0 Å². The molecule has 1 aliphatic heterocycles. The van der Waals surface area contributed by atoms with Crippen LogP contribution < -0.4 is 5.32 Å². The van der Waals surface area contributed by atoms with Crippen LogP contribution in [0.5, 0.6) is 0 Å². The average molecular weight is 304 g/mol. The van der Waals surface area contributed by atoms with Gasteiger partial charge in [0.15, 0.2) is 6.20 Å². The normalized spacial score (nSPS) is 19.7. The molecule has 1 aromatic heterocycles. The Morgan fingerprint density at radius 1 is 1.48 bits per heavy atom. The highest BCUT2D eigenvalue weighted by Crippen LogP contribution is 2.23. The maximum atomic E-state index is 12.3. The number of nitrogens with one attached hydrogen (secondary N) is 1. The average Bonchev–Trinajstić information content (AvgIpc) is 2.82. The number of anilines is 1. The molecule has 116 valence electrons. The predicted octanol–water partition coefficient (Wildman–Crippen LogP) is 2.29. The van der Waals surface area contributed by atoms with Crippen molar-refractivity contribution in [1.29, 1.82) is 0 Å². The van der Waals surface area contributed by atoms with Gasteiger partial charge in [0.1, 0.15) is 0 Å². The molecule has 0 amide bonds. The second-order valence-electron chi connectivity index (χ2n) is 5.05. The molecular formula is C12H15F3N4O2. The maximum Gasteiger partial charge on any atom is 0.401 e. The number of hydrogen-bond donors (Lipinski definition) is 1. The van der Waals surface area contributed by atoms with Crippen LogP contribution in [0.1, 0.15) is 6.42 Å². The quantitative estimate of drug-likeness (QED) is 0.667. The van der Waals surface area contributed by atoms with Gasteiger partial charge in [-0.15, -0.1) is 0 Å². The van der Waals surface area contributed by atoms with Gasteiger partial charge in [-0.1, -0.05) is 0 Å². The highest BCUT2D eigenvalue weighted by molar-refractivity contribution is 5.43. The molecule has 2 rings (SSSR count). The van der Waals surface area contributed by atoms with Crippen LogP contribution in [0.2, 0.25) is 0 Å². The van der Waals surface area contributed by atoms with Crippen LogP contribution in [0.4, 0.5) is 24.7 Å². The number of halogens is 3. The Morgan fingerprint density at radius 3 is 2.81 bits per heavy atom. The molecule has 1 fully saturated rings. The Labute approximate surface area is 119 Å². The smallest absolute Gasteiger partial charge is 0.382 e. The summed E-state index contributed by atoms with van der Waals surface area (Å²) in [6, 6.07) is 2.82. The van der Waals surface area contributed by atoms with E-state index in [0.29, 0.717) is 31.7 Å². The molecule has 0 saturated carbocycles. The number of hydrogen-bond acceptors (Lipinski definition) is 5. The maximum absolute atomic E-state index is 12.3. The fraction of sp³-hybridized carbons (Fsp3) is 0.583. The summed E-state index contributed by atoms with van der Waals surface area (Å²) in [7, 11) is 0. The van der Waals surface area contributed by atoms with Crippen LogP contribution in [0.15, 0.2) is 18.3 Å². The van der Waals surface area contributed by atoms with Gasteiger partial charge in [-0.3, -0.25) is 4.90 Å². The third-order valence-corrected chi connectivity index (χ3v) is 3.30. The van der Waals surface area contributed by atoms with Crippen LogP contribution in [0.3, 0.4) is 0 Å². The summed E-state index contributed by atoms with van der Waals surface area (Å²) in [5, 5.41) is 13.5. The monoisotopic (exact) mass is 304 g/mol.